The van der Waals surface area contributed by atoms with Crippen LogP contribution in [0.5, 0.6) is 0 Å². The van der Waals surface area contributed by atoms with Gasteiger partial charge < -0.3 is 10.4 Å². The number of amides is 1. The van der Waals surface area contributed by atoms with Crippen LogP contribution in [0.4, 0.5) is 5.69 Å². The minimum atomic E-state index is -1.19. The molecule has 0 bridgehead atoms. The van der Waals surface area contributed by atoms with Gasteiger partial charge in [0.15, 0.2) is 0 Å². The van der Waals surface area contributed by atoms with Crippen LogP contribution in [0.3, 0.4) is 0 Å². The highest BCUT2D eigenvalue weighted by molar-refractivity contribution is 9.10. The lowest BCUT2D eigenvalue weighted by Crippen LogP contribution is -2.16. The summed E-state index contributed by atoms with van der Waals surface area (Å²) in [6.45, 7) is 1.80. The number of carbonyl (C=O) groups excluding carboxylic acids is 1. The highest BCUT2D eigenvalue weighted by atomic mass is 79.9. The molecule has 108 valence electrons. The van der Waals surface area contributed by atoms with E-state index in [-0.39, 0.29) is 16.3 Å². The van der Waals surface area contributed by atoms with E-state index in [1.165, 1.54) is 12.1 Å². The molecule has 0 spiro atoms. The zero-order valence-electron chi connectivity index (χ0n) is 11.0. The van der Waals surface area contributed by atoms with Crippen LogP contribution in [0.25, 0.3) is 0 Å². The molecule has 4 nitrogen and oxygen atoms in total. The molecular weight excluding hydrogens is 358 g/mol. The van der Waals surface area contributed by atoms with E-state index >= 15 is 0 Å². The zero-order chi connectivity index (χ0) is 15.6. The van der Waals surface area contributed by atoms with Gasteiger partial charge in [-0.2, -0.15) is 0 Å². The normalized spacial score (nSPS) is 10.2. The molecule has 0 saturated heterocycles. The lowest BCUT2D eigenvalue weighted by atomic mass is 10.1. The minimum absolute atomic E-state index is 0.0752. The first-order chi connectivity index (χ1) is 9.91. The van der Waals surface area contributed by atoms with Crippen LogP contribution in [-0.4, -0.2) is 17.0 Å². The summed E-state index contributed by atoms with van der Waals surface area (Å²) in [5, 5.41) is 11.9. The van der Waals surface area contributed by atoms with E-state index in [0.717, 1.165) is 10.0 Å². The molecule has 2 N–H and O–H groups in total. The highest BCUT2D eigenvalue weighted by Crippen LogP contribution is 2.26. The summed E-state index contributed by atoms with van der Waals surface area (Å²) in [4.78, 5) is 23.5. The number of nitrogens with one attached hydrogen (secondary N) is 1. The molecule has 0 fully saturated rings. The van der Waals surface area contributed by atoms with Crippen molar-refractivity contribution in [1.29, 1.82) is 0 Å². The third-order valence-corrected chi connectivity index (χ3v) is 4.16. The average Bonchev–Trinajstić information content (AvgIpc) is 2.41. The Morgan fingerprint density at radius 2 is 1.86 bits per heavy atom. The fourth-order valence-electron chi connectivity index (χ4n) is 1.89. The lowest BCUT2D eigenvalue weighted by Gasteiger charge is -2.11. The Hall–Kier alpha value is -1.85. The largest absolute Gasteiger partial charge is 0.478 e. The van der Waals surface area contributed by atoms with E-state index in [0.29, 0.717) is 5.56 Å². The summed E-state index contributed by atoms with van der Waals surface area (Å²) in [5.41, 5.74) is 1.27. The van der Waals surface area contributed by atoms with Crippen molar-refractivity contribution in [2.24, 2.45) is 0 Å². The molecule has 0 atom stereocenters. The Morgan fingerprint density at radius 1 is 1.19 bits per heavy atom. The number of halogens is 2. The molecule has 1 amide bonds. The van der Waals surface area contributed by atoms with Crippen LogP contribution < -0.4 is 5.32 Å². The van der Waals surface area contributed by atoms with E-state index in [1.54, 1.807) is 25.1 Å². The van der Waals surface area contributed by atoms with Crippen LogP contribution in [0.1, 0.15) is 26.3 Å². The fourth-order valence-corrected chi connectivity index (χ4v) is 2.51. The molecule has 2 aromatic carbocycles. The molecule has 0 saturated carbocycles. The van der Waals surface area contributed by atoms with Gasteiger partial charge in [0, 0.05) is 10.0 Å². The second-order valence-electron chi connectivity index (χ2n) is 4.33. The van der Waals surface area contributed by atoms with Crippen LogP contribution in [0.2, 0.25) is 5.02 Å². The maximum Gasteiger partial charge on any atom is 0.339 e. The van der Waals surface area contributed by atoms with Crippen LogP contribution in [0, 0.1) is 6.92 Å². The minimum Gasteiger partial charge on any atom is -0.478 e. The molecule has 6 heteroatoms. The predicted molar refractivity (Wildman–Crippen MR) is 85.2 cm³/mol. The van der Waals surface area contributed by atoms with Crippen molar-refractivity contribution in [1.82, 2.24) is 0 Å². The van der Waals surface area contributed by atoms with Crippen molar-refractivity contribution >= 4 is 45.1 Å². The molecule has 0 aliphatic rings. The Morgan fingerprint density at radius 3 is 2.52 bits per heavy atom. The number of rotatable bonds is 3. The average molecular weight is 369 g/mol. The van der Waals surface area contributed by atoms with Crippen LogP contribution >= 0.6 is 27.5 Å². The van der Waals surface area contributed by atoms with Gasteiger partial charge in [0.25, 0.3) is 5.91 Å². The van der Waals surface area contributed by atoms with Gasteiger partial charge in [0.2, 0.25) is 0 Å². The number of hydrogen-bond acceptors (Lipinski definition) is 2. The second kappa shape index (κ2) is 6.28. The predicted octanol–water partition coefficient (Wildman–Crippen LogP) is 4.36. The first-order valence-electron chi connectivity index (χ1n) is 6.00. The molecule has 0 radical (unpaired) electrons. The molecule has 0 unspecified atom stereocenters. The van der Waals surface area contributed by atoms with Crippen molar-refractivity contribution in [3.63, 3.8) is 0 Å². The van der Waals surface area contributed by atoms with Crippen molar-refractivity contribution < 1.29 is 14.7 Å². The topological polar surface area (TPSA) is 66.4 Å². The summed E-state index contributed by atoms with van der Waals surface area (Å²) in [6.07, 6.45) is 0. The van der Waals surface area contributed by atoms with Gasteiger partial charge in [-0.1, -0.05) is 39.7 Å². The third-order valence-electron chi connectivity index (χ3n) is 2.99. The van der Waals surface area contributed by atoms with Crippen molar-refractivity contribution in [2.45, 2.75) is 6.92 Å². The van der Waals surface area contributed by atoms with Gasteiger partial charge in [-0.15, -0.1) is 0 Å². The first kappa shape index (κ1) is 15.5. The Bertz CT molecular complexity index is 731. The lowest BCUT2D eigenvalue weighted by molar-refractivity contribution is 0.0698. The molecular formula is C15H11BrClNO3. The van der Waals surface area contributed by atoms with E-state index in [1.807, 2.05) is 6.07 Å². The van der Waals surface area contributed by atoms with Gasteiger partial charge >= 0.3 is 5.97 Å². The van der Waals surface area contributed by atoms with Crippen LogP contribution in [-0.2, 0) is 0 Å². The molecule has 0 aliphatic heterocycles. The summed E-state index contributed by atoms with van der Waals surface area (Å²) in [7, 11) is 0. The number of hydrogen-bond donors (Lipinski definition) is 2. The number of benzene rings is 2. The van der Waals surface area contributed by atoms with Crippen molar-refractivity contribution in [2.75, 3.05) is 5.32 Å². The number of aromatic carboxylic acids is 1. The highest BCUT2D eigenvalue weighted by Gasteiger charge is 2.18. The van der Waals surface area contributed by atoms with Gasteiger partial charge in [0.05, 0.1) is 10.7 Å². The SMILES string of the molecule is Cc1c(Br)cccc1C(=O)Nc1cccc(Cl)c1C(=O)O. The number of carboxylic acids is 1. The van der Waals surface area contributed by atoms with E-state index in [4.69, 9.17) is 11.6 Å². The first-order valence-corrected chi connectivity index (χ1v) is 7.17. The summed E-state index contributed by atoms with van der Waals surface area (Å²) >= 11 is 9.22. The summed E-state index contributed by atoms with van der Waals surface area (Å²) in [5.74, 6) is -1.58. The van der Waals surface area contributed by atoms with E-state index in [9.17, 15) is 14.7 Å². The van der Waals surface area contributed by atoms with Crippen molar-refractivity contribution in [3.05, 3.63) is 62.6 Å². The maximum atomic E-state index is 12.3. The molecule has 2 rings (SSSR count). The molecule has 0 aliphatic carbocycles. The Kier molecular flexibility index (Phi) is 4.65. The quantitative estimate of drug-likeness (QED) is 0.846. The zero-order valence-corrected chi connectivity index (χ0v) is 13.3. The van der Waals surface area contributed by atoms with Crippen LogP contribution in [0.15, 0.2) is 40.9 Å². The third kappa shape index (κ3) is 3.25. The number of carboxylic acid groups (broad SMARTS) is 1. The van der Waals surface area contributed by atoms with Gasteiger partial charge in [-0.3, -0.25) is 4.79 Å². The van der Waals surface area contributed by atoms with E-state index in [2.05, 4.69) is 21.2 Å². The smallest absolute Gasteiger partial charge is 0.339 e. The fraction of sp³-hybridized carbons (Fsp3) is 0.0667. The number of anilines is 1. The van der Waals surface area contributed by atoms with E-state index < -0.39 is 11.9 Å². The summed E-state index contributed by atoms with van der Waals surface area (Å²) < 4.78 is 0.805. The molecule has 0 heterocycles. The Labute approximate surface area is 134 Å². The van der Waals surface area contributed by atoms with Gasteiger partial charge in [0.1, 0.15) is 5.56 Å². The Balaban J connectivity index is 2.39. The monoisotopic (exact) mass is 367 g/mol. The standard InChI is InChI=1S/C15H11BrClNO3/c1-8-9(4-2-5-10(8)16)14(19)18-12-7-3-6-11(17)13(12)15(20)21/h2-7H,1H3,(H,18,19)(H,20,21). The molecule has 2 aromatic rings. The van der Waals surface area contributed by atoms with Crippen molar-refractivity contribution in [3.8, 4) is 0 Å². The second-order valence-corrected chi connectivity index (χ2v) is 5.60. The van der Waals surface area contributed by atoms with Gasteiger partial charge in [-0.05, 0) is 36.8 Å². The number of carbonyl (C=O) groups is 2. The molecule has 21 heavy (non-hydrogen) atoms. The van der Waals surface area contributed by atoms with Gasteiger partial charge in [-0.25, -0.2) is 4.79 Å². The maximum absolute atomic E-state index is 12.3. The summed E-state index contributed by atoms with van der Waals surface area (Å²) in [6, 6.07) is 9.78. The molecule has 0 aromatic heterocycles.